The van der Waals surface area contributed by atoms with E-state index in [4.69, 9.17) is 5.11 Å². The lowest BCUT2D eigenvalue weighted by Gasteiger charge is -2.32. The van der Waals surface area contributed by atoms with Crippen LogP contribution >= 0.6 is 0 Å². The third-order valence-electron chi connectivity index (χ3n) is 3.62. The van der Waals surface area contributed by atoms with Crippen LogP contribution in [0.4, 0.5) is 0 Å². The first-order valence-electron chi connectivity index (χ1n) is 6.72. The Morgan fingerprint density at radius 2 is 2.15 bits per heavy atom. The van der Waals surface area contributed by atoms with Crippen LogP contribution in [0.3, 0.4) is 0 Å². The predicted octanol–water partition coefficient (Wildman–Crippen LogP) is 2.09. The quantitative estimate of drug-likeness (QED) is 0.923. The molecule has 1 unspecified atom stereocenters. The second kappa shape index (κ2) is 5.93. The third-order valence-corrected chi connectivity index (χ3v) is 5.58. The van der Waals surface area contributed by atoms with E-state index in [1.54, 1.807) is 16.4 Å². The van der Waals surface area contributed by atoms with Crippen molar-refractivity contribution in [1.29, 1.82) is 0 Å². The molecule has 5 nitrogen and oxygen atoms in total. The van der Waals surface area contributed by atoms with Crippen LogP contribution in [0.5, 0.6) is 0 Å². The van der Waals surface area contributed by atoms with Gasteiger partial charge in [-0.25, -0.2) is 13.2 Å². The highest BCUT2D eigenvalue weighted by molar-refractivity contribution is 7.88. The van der Waals surface area contributed by atoms with Crippen LogP contribution in [0.2, 0.25) is 0 Å². The van der Waals surface area contributed by atoms with Crippen LogP contribution < -0.4 is 0 Å². The van der Waals surface area contributed by atoms with Gasteiger partial charge in [-0.05, 0) is 37.5 Å². The average molecular weight is 297 g/mol. The van der Waals surface area contributed by atoms with E-state index < -0.39 is 16.0 Å². The van der Waals surface area contributed by atoms with Gasteiger partial charge in [-0.2, -0.15) is 4.31 Å². The Kier molecular flexibility index (Phi) is 4.45. The van der Waals surface area contributed by atoms with Crippen LogP contribution in [-0.2, 0) is 15.8 Å². The van der Waals surface area contributed by atoms with Crippen molar-refractivity contribution in [3.63, 3.8) is 0 Å². The summed E-state index contributed by atoms with van der Waals surface area (Å²) >= 11 is 0. The Bertz CT molecular complexity index is 597. The molecule has 0 aliphatic carbocycles. The summed E-state index contributed by atoms with van der Waals surface area (Å²) in [7, 11) is -3.39. The van der Waals surface area contributed by atoms with Crippen LogP contribution in [0, 0.1) is 0 Å². The molecule has 0 aromatic heterocycles. The summed E-state index contributed by atoms with van der Waals surface area (Å²) in [5.74, 6) is -1.19. The van der Waals surface area contributed by atoms with Crippen molar-refractivity contribution in [3.05, 3.63) is 35.4 Å². The number of piperidine rings is 1. The summed E-state index contributed by atoms with van der Waals surface area (Å²) in [6, 6.07) is 6.14. The van der Waals surface area contributed by atoms with Crippen molar-refractivity contribution >= 4 is 16.0 Å². The third kappa shape index (κ3) is 3.37. The van der Waals surface area contributed by atoms with E-state index in [0.717, 1.165) is 19.3 Å². The highest BCUT2D eigenvalue weighted by Crippen LogP contribution is 2.22. The number of carbonyl (C=O) groups is 1. The SMILES string of the molecule is CC1CCCCN1S(=O)(=O)Cc1cccc(C(=O)O)c1. The molecule has 1 aromatic rings. The zero-order valence-corrected chi connectivity index (χ0v) is 12.3. The monoisotopic (exact) mass is 297 g/mol. The average Bonchev–Trinajstić information content (AvgIpc) is 2.38. The molecule has 1 heterocycles. The normalized spacial score (nSPS) is 20.8. The van der Waals surface area contributed by atoms with Gasteiger partial charge in [0.1, 0.15) is 0 Å². The standard InChI is InChI=1S/C14H19NO4S/c1-11-5-2-3-8-15(11)20(18,19)10-12-6-4-7-13(9-12)14(16)17/h4,6-7,9,11H,2-3,5,8,10H2,1H3,(H,16,17). The van der Waals surface area contributed by atoms with Gasteiger partial charge in [-0.15, -0.1) is 0 Å². The fourth-order valence-electron chi connectivity index (χ4n) is 2.57. The maximum absolute atomic E-state index is 12.4. The van der Waals surface area contributed by atoms with E-state index >= 15 is 0 Å². The van der Waals surface area contributed by atoms with Crippen LogP contribution in [0.25, 0.3) is 0 Å². The van der Waals surface area contributed by atoms with Gasteiger partial charge in [0.2, 0.25) is 10.0 Å². The lowest BCUT2D eigenvalue weighted by molar-refractivity contribution is 0.0696. The first kappa shape index (κ1) is 15.0. The number of sulfonamides is 1. The number of carboxylic acid groups (broad SMARTS) is 1. The van der Waals surface area contributed by atoms with E-state index in [2.05, 4.69) is 0 Å². The molecule has 0 amide bonds. The lowest BCUT2D eigenvalue weighted by Crippen LogP contribution is -2.42. The molecule has 0 spiro atoms. The second-order valence-electron chi connectivity index (χ2n) is 5.22. The van der Waals surface area contributed by atoms with Gasteiger partial charge in [0.25, 0.3) is 0 Å². The molecule has 2 rings (SSSR count). The highest BCUT2D eigenvalue weighted by atomic mass is 32.2. The van der Waals surface area contributed by atoms with Crippen molar-refractivity contribution in [2.75, 3.05) is 6.54 Å². The summed E-state index contributed by atoms with van der Waals surface area (Å²) < 4.78 is 26.4. The van der Waals surface area contributed by atoms with Crippen molar-refractivity contribution < 1.29 is 18.3 Å². The molecule has 1 atom stereocenters. The molecule has 1 aliphatic rings. The minimum Gasteiger partial charge on any atom is -0.478 e. The molecule has 0 radical (unpaired) electrons. The van der Waals surface area contributed by atoms with Crippen molar-refractivity contribution in [3.8, 4) is 0 Å². The van der Waals surface area contributed by atoms with Gasteiger partial charge in [-0.3, -0.25) is 0 Å². The number of hydrogen-bond acceptors (Lipinski definition) is 3. The Hall–Kier alpha value is -1.40. The van der Waals surface area contributed by atoms with Crippen molar-refractivity contribution in [1.82, 2.24) is 4.31 Å². The van der Waals surface area contributed by atoms with E-state index in [0.29, 0.717) is 12.1 Å². The Morgan fingerprint density at radius 1 is 1.40 bits per heavy atom. The minimum absolute atomic E-state index is 0.0245. The van der Waals surface area contributed by atoms with Gasteiger partial charge >= 0.3 is 5.97 Å². The molecule has 1 fully saturated rings. The zero-order chi connectivity index (χ0) is 14.8. The summed E-state index contributed by atoms with van der Waals surface area (Å²) in [6.07, 6.45) is 2.83. The summed E-state index contributed by atoms with van der Waals surface area (Å²) in [5, 5.41) is 8.94. The maximum Gasteiger partial charge on any atom is 0.335 e. The van der Waals surface area contributed by atoms with E-state index in [9.17, 15) is 13.2 Å². The molecule has 0 bridgehead atoms. The first-order chi connectivity index (χ1) is 9.40. The molecule has 20 heavy (non-hydrogen) atoms. The Morgan fingerprint density at radius 3 is 2.80 bits per heavy atom. The number of hydrogen-bond donors (Lipinski definition) is 1. The summed E-state index contributed by atoms with van der Waals surface area (Å²) in [6.45, 7) is 2.48. The number of nitrogens with zero attached hydrogens (tertiary/aromatic N) is 1. The second-order valence-corrected chi connectivity index (χ2v) is 7.14. The molecule has 1 saturated heterocycles. The fourth-order valence-corrected chi connectivity index (χ4v) is 4.40. The van der Waals surface area contributed by atoms with Gasteiger partial charge in [-0.1, -0.05) is 18.6 Å². The number of benzene rings is 1. The number of carboxylic acids is 1. The summed E-state index contributed by atoms with van der Waals surface area (Å²) in [4.78, 5) is 10.9. The maximum atomic E-state index is 12.4. The van der Waals surface area contributed by atoms with Crippen LogP contribution in [0.1, 0.15) is 42.1 Å². The van der Waals surface area contributed by atoms with Crippen molar-refractivity contribution in [2.24, 2.45) is 0 Å². The first-order valence-corrected chi connectivity index (χ1v) is 8.33. The molecule has 110 valence electrons. The molecule has 1 aliphatic heterocycles. The molecular formula is C14H19NO4S. The fraction of sp³-hybridized carbons (Fsp3) is 0.500. The van der Waals surface area contributed by atoms with Crippen LogP contribution in [-0.4, -0.2) is 36.4 Å². The molecule has 6 heteroatoms. The Labute approximate surface area is 119 Å². The largest absolute Gasteiger partial charge is 0.478 e. The molecule has 0 saturated carbocycles. The van der Waals surface area contributed by atoms with Gasteiger partial charge < -0.3 is 5.11 Å². The highest BCUT2D eigenvalue weighted by Gasteiger charge is 2.29. The minimum atomic E-state index is -3.39. The number of aromatic carboxylic acids is 1. The lowest BCUT2D eigenvalue weighted by atomic mass is 10.1. The smallest absolute Gasteiger partial charge is 0.335 e. The number of rotatable bonds is 4. The van der Waals surface area contributed by atoms with Gasteiger partial charge in [0, 0.05) is 12.6 Å². The zero-order valence-electron chi connectivity index (χ0n) is 11.4. The molecular weight excluding hydrogens is 278 g/mol. The predicted molar refractivity (Wildman–Crippen MR) is 76.0 cm³/mol. The molecule has 1 N–H and O–H groups in total. The van der Waals surface area contributed by atoms with Gasteiger partial charge in [0.05, 0.1) is 11.3 Å². The van der Waals surface area contributed by atoms with Crippen molar-refractivity contribution in [2.45, 2.75) is 38.0 Å². The van der Waals surface area contributed by atoms with Gasteiger partial charge in [0.15, 0.2) is 0 Å². The summed E-state index contributed by atoms with van der Waals surface area (Å²) in [5.41, 5.74) is 0.632. The van der Waals surface area contributed by atoms with E-state index in [1.165, 1.54) is 12.1 Å². The van der Waals surface area contributed by atoms with E-state index in [1.807, 2.05) is 6.92 Å². The molecule has 1 aromatic carbocycles. The van der Waals surface area contributed by atoms with E-state index in [-0.39, 0.29) is 17.4 Å². The topological polar surface area (TPSA) is 74.7 Å². The van der Waals surface area contributed by atoms with Crippen LogP contribution in [0.15, 0.2) is 24.3 Å². The Balaban J connectivity index is 2.19.